The van der Waals surface area contributed by atoms with E-state index in [4.69, 9.17) is 26.8 Å². The van der Waals surface area contributed by atoms with Crippen LogP contribution in [0.3, 0.4) is 0 Å². The smallest absolute Gasteiger partial charge is 0.332 e. The van der Waals surface area contributed by atoms with Crippen LogP contribution in [-0.2, 0) is 4.79 Å². The van der Waals surface area contributed by atoms with E-state index < -0.39 is 12.1 Å². The number of carboxylic acid groups (broad SMARTS) is 1. The van der Waals surface area contributed by atoms with Crippen LogP contribution in [0.4, 0.5) is 0 Å². The maximum Gasteiger partial charge on any atom is 0.332 e. The molecule has 0 aromatic heterocycles. The number of carboxylic acids is 1. The summed E-state index contributed by atoms with van der Waals surface area (Å²) in [5.41, 5.74) is 11.0. The predicted molar refractivity (Wildman–Crippen MR) is 61.9 cm³/mol. The molecule has 0 heterocycles. The van der Waals surface area contributed by atoms with Crippen molar-refractivity contribution in [3.8, 4) is 0 Å². The van der Waals surface area contributed by atoms with Crippen molar-refractivity contribution in [2.24, 2.45) is 11.5 Å². The van der Waals surface area contributed by atoms with Gasteiger partial charge >= 0.3 is 5.97 Å². The van der Waals surface area contributed by atoms with Gasteiger partial charge in [0.2, 0.25) is 0 Å². The van der Waals surface area contributed by atoms with Crippen LogP contribution in [0.15, 0.2) is 0 Å². The summed E-state index contributed by atoms with van der Waals surface area (Å²) in [6, 6.07) is 0.232. The summed E-state index contributed by atoms with van der Waals surface area (Å²) in [6.07, 6.45) is 2.47. The fourth-order valence-electron chi connectivity index (χ4n) is 0.878. The number of hydrogen-bond acceptors (Lipinski definition) is 5. The van der Waals surface area contributed by atoms with Crippen molar-refractivity contribution in [2.45, 2.75) is 44.8 Å². The number of nitrogens with two attached hydrogens (primary N) is 2. The first kappa shape index (κ1) is 17.7. The third-order valence-electron chi connectivity index (χ3n) is 1.87. The molecule has 2 unspecified atom stereocenters. The Kier molecular flexibility index (Phi) is 13.7. The van der Waals surface area contributed by atoms with E-state index in [1.165, 1.54) is 6.92 Å². The van der Waals surface area contributed by atoms with Gasteiger partial charge in [-0.1, -0.05) is 0 Å². The highest BCUT2D eigenvalue weighted by atomic mass is 16.4. The first-order chi connectivity index (χ1) is 7.45. The van der Waals surface area contributed by atoms with E-state index >= 15 is 0 Å². The highest BCUT2D eigenvalue weighted by Crippen LogP contribution is 2.00. The van der Waals surface area contributed by atoms with Crippen molar-refractivity contribution < 1.29 is 20.1 Å². The molecule has 0 bridgehead atoms. The monoisotopic (exact) mass is 236 g/mol. The number of hydrogen-bond donors (Lipinski definition) is 5. The third kappa shape index (κ3) is 15.8. The fourth-order valence-corrected chi connectivity index (χ4v) is 0.878. The quantitative estimate of drug-likeness (QED) is 0.396. The van der Waals surface area contributed by atoms with Crippen LogP contribution in [0.5, 0.6) is 0 Å². The minimum absolute atomic E-state index is 0.232. The molecule has 7 N–H and O–H groups in total. The predicted octanol–water partition coefficient (Wildman–Crippen LogP) is -0.723. The van der Waals surface area contributed by atoms with Crippen LogP contribution < -0.4 is 11.5 Å². The lowest BCUT2D eigenvalue weighted by atomic mass is 10.1. The molecular weight excluding hydrogens is 212 g/mol. The molecule has 6 nitrogen and oxygen atoms in total. The average Bonchev–Trinajstić information content (AvgIpc) is 2.24. The molecule has 0 aromatic carbocycles. The van der Waals surface area contributed by atoms with Gasteiger partial charge < -0.3 is 26.8 Å². The Balaban J connectivity index is 0. The van der Waals surface area contributed by atoms with Crippen LogP contribution in [0.2, 0.25) is 0 Å². The number of carbonyl (C=O) groups is 1. The minimum atomic E-state index is -1.23. The molecule has 2 atom stereocenters. The van der Waals surface area contributed by atoms with E-state index in [1.54, 1.807) is 0 Å². The maximum absolute atomic E-state index is 9.45. The van der Waals surface area contributed by atoms with E-state index in [2.05, 4.69) is 0 Å². The molecule has 0 spiro atoms. The first-order valence-corrected chi connectivity index (χ1v) is 5.43. The largest absolute Gasteiger partial charge is 0.479 e. The van der Waals surface area contributed by atoms with Crippen LogP contribution in [0, 0.1) is 0 Å². The zero-order valence-electron chi connectivity index (χ0n) is 9.80. The van der Waals surface area contributed by atoms with E-state index in [1.807, 2.05) is 0 Å². The van der Waals surface area contributed by atoms with Crippen molar-refractivity contribution in [1.29, 1.82) is 0 Å². The van der Waals surface area contributed by atoms with E-state index in [9.17, 15) is 4.79 Å². The summed E-state index contributed by atoms with van der Waals surface area (Å²) in [4.78, 5) is 9.45. The molecule has 16 heavy (non-hydrogen) atoms. The van der Waals surface area contributed by atoms with Gasteiger partial charge in [-0.3, -0.25) is 0 Å². The number of aliphatic hydroxyl groups is 2. The molecule has 6 heteroatoms. The highest BCUT2D eigenvalue weighted by molar-refractivity contribution is 5.71. The zero-order valence-corrected chi connectivity index (χ0v) is 9.80. The van der Waals surface area contributed by atoms with Gasteiger partial charge in [-0.15, -0.1) is 0 Å². The Labute approximate surface area is 96.3 Å². The Bertz CT molecular complexity index is 157. The second kappa shape index (κ2) is 12.4. The molecule has 0 aromatic rings. The van der Waals surface area contributed by atoms with E-state index in [0.29, 0.717) is 6.54 Å². The Hall–Kier alpha value is -0.690. The molecule has 98 valence electrons. The fraction of sp³-hybridized carbons (Fsp3) is 0.900. The average molecular weight is 236 g/mol. The summed E-state index contributed by atoms with van der Waals surface area (Å²) in [7, 11) is 0. The van der Waals surface area contributed by atoms with Crippen molar-refractivity contribution in [3.05, 3.63) is 0 Å². The van der Waals surface area contributed by atoms with E-state index in [-0.39, 0.29) is 12.6 Å². The summed E-state index contributed by atoms with van der Waals surface area (Å²) >= 11 is 0. The third-order valence-corrected chi connectivity index (χ3v) is 1.87. The van der Waals surface area contributed by atoms with Gasteiger partial charge in [0.25, 0.3) is 0 Å². The molecule has 0 aliphatic rings. The van der Waals surface area contributed by atoms with Gasteiger partial charge in [-0.05, 0) is 39.2 Å². The number of rotatable bonds is 7. The normalized spacial score (nSPS) is 13.6. The maximum atomic E-state index is 9.45. The molecule has 0 aliphatic carbocycles. The van der Waals surface area contributed by atoms with Gasteiger partial charge in [-0.25, -0.2) is 4.79 Å². The van der Waals surface area contributed by atoms with Crippen LogP contribution in [-0.4, -0.2) is 46.6 Å². The Morgan fingerprint density at radius 2 is 1.75 bits per heavy atom. The highest BCUT2D eigenvalue weighted by Gasteiger charge is 2.01. The second-order valence-electron chi connectivity index (χ2n) is 3.57. The van der Waals surface area contributed by atoms with E-state index in [0.717, 1.165) is 25.7 Å². The number of aliphatic carboxylic acids is 1. The topological polar surface area (TPSA) is 130 Å². The Morgan fingerprint density at radius 3 is 2.06 bits per heavy atom. The van der Waals surface area contributed by atoms with Crippen molar-refractivity contribution in [2.75, 3.05) is 13.2 Å². The zero-order chi connectivity index (χ0) is 13.0. The minimum Gasteiger partial charge on any atom is -0.479 e. The molecular formula is C10H24N2O4. The summed E-state index contributed by atoms with van der Waals surface area (Å²) in [5, 5.41) is 24.2. The second-order valence-corrected chi connectivity index (χ2v) is 3.57. The van der Waals surface area contributed by atoms with Gasteiger partial charge in [0, 0.05) is 12.6 Å². The van der Waals surface area contributed by atoms with Gasteiger partial charge in [-0.2, -0.15) is 0 Å². The molecule has 0 radical (unpaired) electrons. The Morgan fingerprint density at radius 1 is 1.31 bits per heavy atom. The summed E-state index contributed by atoms with van der Waals surface area (Å²) < 4.78 is 0. The van der Waals surface area contributed by atoms with Crippen molar-refractivity contribution in [3.63, 3.8) is 0 Å². The van der Waals surface area contributed by atoms with Gasteiger partial charge in [0.15, 0.2) is 0 Å². The first-order valence-electron chi connectivity index (χ1n) is 5.43. The summed E-state index contributed by atoms with van der Waals surface area (Å²) in [5.74, 6) is -1.19. The standard InChI is InChI=1S/C7H18N2O.C3H6O3/c8-5-1-3-7(9)4-2-6-10;1-2(4)3(5)6/h7,10H,1-6,8-9H2;2,4H,1H3,(H,5,6). The lowest BCUT2D eigenvalue weighted by molar-refractivity contribution is -0.145. The lowest BCUT2D eigenvalue weighted by Gasteiger charge is -2.08. The van der Waals surface area contributed by atoms with Crippen LogP contribution >= 0.6 is 0 Å². The summed E-state index contributed by atoms with van der Waals surface area (Å²) in [6.45, 7) is 2.16. The molecule has 0 rings (SSSR count). The van der Waals surface area contributed by atoms with Crippen LogP contribution in [0.25, 0.3) is 0 Å². The molecule has 0 saturated heterocycles. The van der Waals surface area contributed by atoms with Crippen molar-refractivity contribution >= 4 is 5.97 Å². The van der Waals surface area contributed by atoms with Crippen LogP contribution in [0.1, 0.15) is 32.6 Å². The molecule has 0 aliphatic heterocycles. The SMILES string of the molecule is CC(O)C(=O)O.NCCCC(N)CCCO. The molecule has 0 saturated carbocycles. The van der Waals surface area contributed by atoms with Crippen molar-refractivity contribution in [1.82, 2.24) is 0 Å². The lowest BCUT2D eigenvalue weighted by Crippen LogP contribution is -2.21. The van der Waals surface area contributed by atoms with Gasteiger partial charge in [0.05, 0.1) is 0 Å². The molecule has 0 fully saturated rings. The molecule has 0 amide bonds. The van der Waals surface area contributed by atoms with Gasteiger partial charge in [0.1, 0.15) is 6.10 Å². The number of aliphatic hydroxyl groups excluding tert-OH is 2.